The standard InChI is InChI=1S/C30H29FN4OS/c1-30(2,3)20-8-13-24-25(15-32)29(37-27(24)14-20)33-16-19-17-35(26-7-5-4-6-23(19)26)18-28(36)34-22-11-9-21(31)10-12-22/h4-7,9-12,16-17,20H,8,13-14,18H2,1-3H3,(H,34,36)/t20-/m0/s1. The van der Waals surface area contributed by atoms with Crippen LogP contribution < -0.4 is 5.32 Å². The highest BCUT2D eigenvalue weighted by Gasteiger charge is 2.32. The van der Waals surface area contributed by atoms with E-state index in [0.717, 1.165) is 40.7 Å². The highest BCUT2D eigenvalue weighted by Crippen LogP contribution is 2.45. The van der Waals surface area contributed by atoms with Crippen LogP contribution in [0.1, 0.15) is 48.8 Å². The number of halogens is 1. The predicted molar refractivity (Wildman–Crippen MR) is 148 cm³/mol. The summed E-state index contributed by atoms with van der Waals surface area (Å²) in [6.45, 7) is 6.97. The lowest BCUT2D eigenvalue weighted by atomic mass is 9.72. The quantitative estimate of drug-likeness (QED) is 0.286. The van der Waals surface area contributed by atoms with Gasteiger partial charge in [0, 0.05) is 39.4 Å². The van der Waals surface area contributed by atoms with Gasteiger partial charge in [-0.05, 0) is 66.5 Å². The minimum Gasteiger partial charge on any atom is -0.337 e. The van der Waals surface area contributed by atoms with Crippen LogP contribution in [0.5, 0.6) is 0 Å². The Bertz CT molecular complexity index is 1530. The summed E-state index contributed by atoms with van der Waals surface area (Å²) in [5, 5.41) is 14.5. The molecule has 1 N–H and O–H groups in total. The lowest BCUT2D eigenvalue weighted by molar-refractivity contribution is -0.116. The van der Waals surface area contributed by atoms with E-state index >= 15 is 0 Å². The summed E-state index contributed by atoms with van der Waals surface area (Å²) < 4.78 is 15.1. The largest absolute Gasteiger partial charge is 0.337 e. The first kappa shape index (κ1) is 24.9. The van der Waals surface area contributed by atoms with Gasteiger partial charge in [-0.15, -0.1) is 11.3 Å². The van der Waals surface area contributed by atoms with Crippen molar-refractivity contribution in [3.8, 4) is 6.07 Å². The van der Waals surface area contributed by atoms with Crippen molar-refractivity contribution >= 4 is 45.0 Å². The number of aliphatic imine (C=N–C) groups is 1. The number of hydrogen-bond acceptors (Lipinski definition) is 4. The van der Waals surface area contributed by atoms with Gasteiger partial charge in [-0.3, -0.25) is 4.79 Å². The molecule has 5 rings (SSSR count). The van der Waals surface area contributed by atoms with Gasteiger partial charge in [-0.1, -0.05) is 39.0 Å². The normalized spacial score (nSPS) is 15.6. The Morgan fingerprint density at radius 2 is 2.00 bits per heavy atom. The van der Waals surface area contributed by atoms with Gasteiger partial charge in [-0.2, -0.15) is 5.26 Å². The van der Waals surface area contributed by atoms with E-state index in [2.05, 4.69) is 32.2 Å². The molecule has 1 aliphatic rings. The van der Waals surface area contributed by atoms with Crippen LogP contribution in [0.25, 0.3) is 10.9 Å². The molecule has 1 aliphatic carbocycles. The van der Waals surface area contributed by atoms with E-state index < -0.39 is 0 Å². The zero-order valence-electron chi connectivity index (χ0n) is 21.2. The molecule has 1 atom stereocenters. The second-order valence-electron chi connectivity index (χ2n) is 10.6. The highest BCUT2D eigenvalue weighted by molar-refractivity contribution is 7.16. The number of carbonyl (C=O) groups is 1. The number of para-hydroxylation sites is 1. The topological polar surface area (TPSA) is 70.2 Å². The number of carbonyl (C=O) groups excluding carboxylic acids is 1. The number of nitrogens with zero attached hydrogens (tertiary/aromatic N) is 3. The van der Waals surface area contributed by atoms with Crippen LogP contribution in [-0.4, -0.2) is 16.7 Å². The summed E-state index contributed by atoms with van der Waals surface area (Å²) in [4.78, 5) is 18.8. The first-order valence-corrected chi connectivity index (χ1v) is 13.3. The van der Waals surface area contributed by atoms with E-state index in [-0.39, 0.29) is 23.7 Å². The highest BCUT2D eigenvalue weighted by atomic mass is 32.1. The van der Waals surface area contributed by atoms with Crippen LogP contribution >= 0.6 is 11.3 Å². The summed E-state index contributed by atoms with van der Waals surface area (Å²) >= 11 is 1.63. The van der Waals surface area contributed by atoms with Crippen molar-refractivity contribution in [3.05, 3.63) is 82.1 Å². The molecular weight excluding hydrogens is 483 g/mol. The molecule has 4 aromatic rings. The molecule has 0 radical (unpaired) electrons. The number of nitriles is 1. The molecule has 7 heteroatoms. The van der Waals surface area contributed by atoms with E-state index in [1.165, 1.54) is 34.7 Å². The van der Waals surface area contributed by atoms with Crippen molar-refractivity contribution in [1.29, 1.82) is 5.26 Å². The molecule has 188 valence electrons. The zero-order valence-corrected chi connectivity index (χ0v) is 22.0. The van der Waals surface area contributed by atoms with Gasteiger partial charge < -0.3 is 9.88 Å². The third-order valence-corrected chi connectivity index (χ3v) is 8.33. The van der Waals surface area contributed by atoms with Crippen molar-refractivity contribution < 1.29 is 9.18 Å². The summed E-state index contributed by atoms with van der Waals surface area (Å²) in [6, 6.07) is 16.0. The Labute approximate surface area is 220 Å². The maximum atomic E-state index is 13.2. The van der Waals surface area contributed by atoms with E-state index in [4.69, 9.17) is 4.99 Å². The molecule has 2 heterocycles. The molecule has 0 saturated carbocycles. The van der Waals surface area contributed by atoms with Gasteiger partial charge in [0.25, 0.3) is 0 Å². The minimum atomic E-state index is -0.349. The monoisotopic (exact) mass is 512 g/mol. The Morgan fingerprint density at radius 1 is 1.24 bits per heavy atom. The summed E-state index contributed by atoms with van der Waals surface area (Å²) in [5.41, 5.74) is 4.45. The van der Waals surface area contributed by atoms with E-state index in [1.807, 2.05) is 35.0 Å². The van der Waals surface area contributed by atoms with Gasteiger partial charge in [0.2, 0.25) is 5.91 Å². The maximum Gasteiger partial charge on any atom is 0.244 e. The molecule has 5 nitrogen and oxygen atoms in total. The molecule has 2 aromatic heterocycles. The average molecular weight is 513 g/mol. The number of benzene rings is 2. The smallest absolute Gasteiger partial charge is 0.244 e. The Morgan fingerprint density at radius 3 is 2.73 bits per heavy atom. The van der Waals surface area contributed by atoms with Crippen molar-refractivity contribution in [2.24, 2.45) is 16.3 Å². The maximum absolute atomic E-state index is 13.2. The third kappa shape index (κ3) is 5.21. The summed E-state index contributed by atoms with van der Waals surface area (Å²) in [5.74, 6) is 0.0431. The van der Waals surface area contributed by atoms with Gasteiger partial charge in [0.1, 0.15) is 23.4 Å². The number of thiophene rings is 1. The van der Waals surface area contributed by atoms with Crippen molar-refractivity contribution in [2.75, 3.05) is 5.32 Å². The SMILES string of the molecule is CC(C)(C)[C@H]1CCc2c(sc(N=Cc3cn(CC(=O)Nc4ccc(F)cc4)c4ccccc34)c2C#N)C1. The number of aromatic nitrogens is 1. The number of hydrogen-bond donors (Lipinski definition) is 1. The van der Waals surface area contributed by atoms with Crippen LogP contribution in [-0.2, 0) is 24.2 Å². The first-order chi connectivity index (χ1) is 17.7. The van der Waals surface area contributed by atoms with E-state index in [9.17, 15) is 14.4 Å². The molecule has 0 aliphatic heterocycles. The number of amides is 1. The fourth-order valence-corrected chi connectivity index (χ4v) is 6.26. The number of fused-ring (bicyclic) bond motifs is 2. The summed E-state index contributed by atoms with van der Waals surface area (Å²) in [6.07, 6.45) is 6.73. The van der Waals surface area contributed by atoms with Crippen LogP contribution in [0.4, 0.5) is 15.1 Å². The minimum absolute atomic E-state index is 0.108. The molecule has 1 amide bonds. The van der Waals surface area contributed by atoms with Crippen LogP contribution in [0.3, 0.4) is 0 Å². The van der Waals surface area contributed by atoms with Gasteiger partial charge in [0.05, 0.1) is 5.56 Å². The van der Waals surface area contributed by atoms with Crippen LogP contribution in [0.15, 0.2) is 59.7 Å². The third-order valence-electron chi connectivity index (χ3n) is 7.17. The molecule has 0 fully saturated rings. The van der Waals surface area contributed by atoms with Gasteiger partial charge in [-0.25, -0.2) is 9.38 Å². The number of anilines is 1. The second kappa shape index (κ2) is 9.95. The number of nitrogens with one attached hydrogen (secondary N) is 1. The zero-order chi connectivity index (χ0) is 26.2. The first-order valence-electron chi connectivity index (χ1n) is 12.4. The lowest BCUT2D eigenvalue weighted by Crippen LogP contribution is -2.26. The Hall–Kier alpha value is -3.76. The molecule has 0 unspecified atom stereocenters. The van der Waals surface area contributed by atoms with Gasteiger partial charge in [0.15, 0.2) is 0 Å². The van der Waals surface area contributed by atoms with Crippen LogP contribution in [0, 0.1) is 28.5 Å². The fourth-order valence-electron chi connectivity index (χ4n) is 5.04. The molecular formula is C30H29FN4OS. The van der Waals surface area contributed by atoms with Crippen molar-refractivity contribution in [2.45, 2.75) is 46.6 Å². The fraction of sp³-hybridized carbons (Fsp3) is 0.300. The lowest BCUT2D eigenvalue weighted by Gasteiger charge is -2.33. The average Bonchev–Trinajstić information content (AvgIpc) is 3.40. The molecule has 37 heavy (non-hydrogen) atoms. The predicted octanol–water partition coefficient (Wildman–Crippen LogP) is 7.25. The van der Waals surface area contributed by atoms with Gasteiger partial charge >= 0.3 is 0 Å². The Kier molecular flexibility index (Phi) is 6.70. The molecule has 0 saturated heterocycles. The van der Waals surface area contributed by atoms with Crippen molar-refractivity contribution in [3.63, 3.8) is 0 Å². The van der Waals surface area contributed by atoms with E-state index in [1.54, 1.807) is 17.6 Å². The van der Waals surface area contributed by atoms with Crippen molar-refractivity contribution in [1.82, 2.24) is 4.57 Å². The number of rotatable bonds is 5. The van der Waals surface area contributed by atoms with Crippen LogP contribution in [0.2, 0.25) is 0 Å². The van der Waals surface area contributed by atoms with E-state index in [0.29, 0.717) is 17.2 Å². The second-order valence-corrected chi connectivity index (χ2v) is 11.7. The molecule has 0 spiro atoms. The Balaban J connectivity index is 1.41. The molecule has 2 aromatic carbocycles. The summed E-state index contributed by atoms with van der Waals surface area (Å²) in [7, 11) is 0. The molecule has 0 bridgehead atoms.